The lowest BCUT2D eigenvalue weighted by Crippen LogP contribution is -2.38. The summed E-state index contributed by atoms with van der Waals surface area (Å²) in [6.07, 6.45) is 4.52. The van der Waals surface area contributed by atoms with E-state index in [2.05, 4.69) is 9.88 Å². The van der Waals surface area contributed by atoms with Crippen LogP contribution in [0.1, 0.15) is 12.8 Å². The highest BCUT2D eigenvalue weighted by molar-refractivity contribution is 5.64. The highest BCUT2D eigenvalue weighted by Gasteiger charge is 2.21. The first-order chi connectivity index (χ1) is 7.75. The summed E-state index contributed by atoms with van der Waals surface area (Å²) >= 11 is 0. The number of carbonyl (C=O) groups excluding carboxylic acids is 1. The van der Waals surface area contributed by atoms with E-state index < -0.39 is 6.09 Å². The fourth-order valence-corrected chi connectivity index (χ4v) is 1.94. The molecule has 0 spiro atoms. The Morgan fingerprint density at radius 2 is 2.25 bits per heavy atom. The second kappa shape index (κ2) is 4.83. The maximum absolute atomic E-state index is 10.6. The summed E-state index contributed by atoms with van der Waals surface area (Å²) in [7, 11) is 0. The molecule has 5 nitrogen and oxygen atoms in total. The first kappa shape index (κ1) is 10.7. The van der Waals surface area contributed by atoms with Crippen LogP contribution >= 0.6 is 0 Å². The maximum atomic E-state index is 10.6. The Morgan fingerprint density at radius 1 is 1.50 bits per heavy atom. The van der Waals surface area contributed by atoms with Crippen LogP contribution in [0.2, 0.25) is 0 Å². The average molecular weight is 221 g/mol. The van der Waals surface area contributed by atoms with E-state index in [0.29, 0.717) is 0 Å². The third-order valence-electron chi connectivity index (χ3n) is 2.74. The van der Waals surface area contributed by atoms with Gasteiger partial charge in [-0.25, -0.2) is 4.79 Å². The van der Waals surface area contributed by atoms with E-state index in [1.165, 1.54) is 0 Å². The second-order valence-corrected chi connectivity index (χ2v) is 3.83. The summed E-state index contributed by atoms with van der Waals surface area (Å²) in [5.74, 6) is 0. The van der Waals surface area contributed by atoms with Crippen LogP contribution in [0.5, 0.6) is 0 Å². The van der Waals surface area contributed by atoms with E-state index >= 15 is 0 Å². The predicted molar refractivity (Wildman–Crippen MR) is 60.1 cm³/mol. The number of hydrogen-bond donors (Lipinski definition) is 1. The van der Waals surface area contributed by atoms with Crippen LogP contribution in [-0.2, 0) is 4.74 Å². The molecular formula is C11H15N3O2. The minimum absolute atomic E-state index is 0.0366. The molecule has 16 heavy (non-hydrogen) atoms. The van der Waals surface area contributed by atoms with Crippen molar-refractivity contribution < 1.29 is 9.53 Å². The van der Waals surface area contributed by atoms with Crippen molar-refractivity contribution in [3.8, 4) is 0 Å². The van der Waals surface area contributed by atoms with Crippen LogP contribution in [-0.4, -0.2) is 30.3 Å². The highest BCUT2D eigenvalue weighted by Crippen LogP contribution is 2.20. The van der Waals surface area contributed by atoms with Crippen molar-refractivity contribution in [2.75, 3.05) is 18.0 Å². The number of anilines is 1. The number of aromatic nitrogens is 1. The van der Waals surface area contributed by atoms with Gasteiger partial charge in [0.25, 0.3) is 0 Å². The van der Waals surface area contributed by atoms with Crippen molar-refractivity contribution >= 4 is 11.8 Å². The number of piperidine rings is 1. The summed E-state index contributed by atoms with van der Waals surface area (Å²) in [5, 5.41) is 0. The zero-order chi connectivity index (χ0) is 11.4. The van der Waals surface area contributed by atoms with Gasteiger partial charge in [0.2, 0.25) is 0 Å². The van der Waals surface area contributed by atoms with Crippen LogP contribution in [0.15, 0.2) is 24.5 Å². The number of ether oxygens (including phenoxy) is 1. The molecule has 2 heterocycles. The molecule has 0 saturated carbocycles. The molecule has 0 aromatic carbocycles. The van der Waals surface area contributed by atoms with E-state index in [-0.39, 0.29) is 6.10 Å². The standard InChI is InChI=1S/C11H15N3O2/c12-11(15)16-10-3-6-14(7-4-10)9-2-1-5-13-8-9/h1-2,5,8,10H,3-4,6-7H2,(H2,12,15). The van der Waals surface area contributed by atoms with Crippen LogP contribution in [0.4, 0.5) is 10.5 Å². The van der Waals surface area contributed by atoms with Gasteiger partial charge >= 0.3 is 6.09 Å². The summed E-state index contributed by atoms with van der Waals surface area (Å²) < 4.78 is 4.97. The largest absolute Gasteiger partial charge is 0.446 e. The van der Waals surface area contributed by atoms with E-state index in [9.17, 15) is 4.79 Å². The Labute approximate surface area is 94.2 Å². The molecule has 0 aliphatic carbocycles. The Morgan fingerprint density at radius 3 is 2.81 bits per heavy atom. The molecule has 2 rings (SSSR count). The summed E-state index contributed by atoms with van der Waals surface area (Å²) in [6.45, 7) is 1.73. The molecule has 1 saturated heterocycles. The molecule has 5 heteroatoms. The Bertz CT molecular complexity index is 348. The molecule has 1 aliphatic rings. The average Bonchev–Trinajstić information content (AvgIpc) is 2.30. The van der Waals surface area contributed by atoms with E-state index in [1.807, 2.05) is 18.3 Å². The number of primary amides is 1. The number of nitrogens with two attached hydrogens (primary N) is 1. The number of hydrogen-bond acceptors (Lipinski definition) is 4. The number of nitrogens with zero attached hydrogens (tertiary/aromatic N) is 2. The molecule has 1 fully saturated rings. The molecule has 0 atom stereocenters. The lowest BCUT2D eigenvalue weighted by atomic mass is 10.1. The molecule has 1 aliphatic heterocycles. The van der Waals surface area contributed by atoms with Crippen molar-refractivity contribution in [3.63, 3.8) is 0 Å². The molecule has 2 N–H and O–H groups in total. The lowest BCUT2D eigenvalue weighted by Gasteiger charge is -2.32. The number of carbonyl (C=O) groups is 1. The zero-order valence-corrected chi connectivity index (χ0v) is 9.00. The van der Waals surface area contributed by atoms with E-state index in [1.54, 1.807) is 6.20 Å². The number of pyridine rings is 1. The number of amides is 1. The van der Waals surface area contributed by atoms with Gasteiger partial charge in [0, 0.05) is 32.1 Å². The smallest absolute Gasteiger partial charge is 0.404 e. The van der Waals surface area contributed by atoms with Gasteiger partial charge in [0.15, 0.2) is 0 Å². The van der Waals surface area contributed by atoms with E-state index in [0.717, 1.165) is 31.6 Å². The van der Waals surface area contributed by atoms with E-state index in [4.69, 9.17) is 10.5 Å². The Balaban J connectivity index is 1.88. The third kappa shape index (κ3) is 2.62. The van der Waals surface area contributed by atoms with Gasteiger partial charge in [-0.3, -0.25) is 4.98 Å². The topological polar surface area (TPSA) is 68.5 Å². The zero-order valence-electron chi connectivity index (χ0n) is 9.00. The van der Waals surface area contributed by atoms with Crippen LogP contribution in [0, 0.1) is 0 Å². The van der Waals surface area contributed by atoms with Gasteiger partial charge in [-0.1, -0.05) is 0 Å². The fraction of sp³-hybridized carbons (Fsp3) is 0.455. The summed E-state index contributed by atoms with van der Waals surface area (Å²) in [6, 6.07) is 3.95. The highest BCUT2D eigenvalue weighted by atomic mass is 16.6. The molecule has 86 valence electrons. The maximum Gasteiger partial charge on any atom is 0.404 e. The quantitative estimate of drug-likeness (QED) is 0.813. The van der Waals surface area contributed by atoms with Crippen LogP contribution in [0.3, 0.4) is 0 Å². The molecule has 0 unspecified atom stereocenters. The Hall–Kier alpha value is -1.78. The third-order valence-corrected chi connectivity index (χ3v) is 2.74. The van der Waals surface area contributed by atoms with Crippen LogP contribution < -0.4 is 10.6 Å². The van der Waals surface area contributed by atoms with Crippen molar-refractivity contribution in [2.45, 2.75) is 18.9 Å². The number of rotatable bonds is 2. The fourth-order valence-electron chi connectivity index (χ4n) is 1.94. The molecule has 0 radical (unpaired) electrons. The first-order valence-electron chi connectivity index (χ1n) is 5.37. The van der Waals surface area contributed by atoms with Gasteiger partial charge in [-0.15, -0.1) is 0 Å². The monoisotopic (exact) mass is 221 g/mol. The van der Waals surface area contributed by atoms with Gasteiger partial charge in [0.05, 0.1) is 11.9 Å². The molecule has 0 bridgehead atoms. The normalized spacial score (nSPS) is 17.1. The molecule has 1 aromatic rings. The minimum atomic E-state index is -0.681. The van der Waals surface area contributed by atoms with Gasteiger partial charge in [-0.2, -0.15) is 0 Å². The first-order valence-corrected chi connectivity index (χ1v) is 5.37. The summed E-state index contributed by atoms with van der Waals surface area (Å²) in [4.78, 5) is 16.9. The molecular weight excluding hydrogens is 206 g/mol. The minimum Gasteiger partial charge on any atom is -0.446 e. The lowest BCUT2D eigenvalue weighted by molar-refractivity contribution is 0.0912. The van der Waals surface area contributed by atoms with Crippen molar-refractivity contribution in [3.05, 3.63) is 24.5 Å². The Kier molecular flexibility index (Phi) is 3.24. The predicted octanol–water partition coefficient (Wildman–Crippen LogP) is 1.15. The van der Waals surface area contributed by atoms with Gasteiger partial charge in [0.1, 0.15) is 6.10 Å². The second-order valence-electron chi connectivity index (χ2n) is 3.83. The van der Waals surface area contributed by atoms with Gasteiger partial charge in [-0.05, 0) is 12.1 Å². The van der Waals surface area contributed by atoms with Crippen molar-refractivity contribution in [1.82, 2.24) is 4.98 Å². The van der Waals surface area contributed by atoms with Crippen molar-refractivity contribution in [2.24, 2.45) is 5.73 Å². The van der Waals surface area contributed by atoms with Crippen molar-refractivity contribution in [1.29, 1.82) is 0 Å². The SMILES string of the molecule is NC(=O)OC1CCN(c2cccnc2)CC1. The summed E-state index contributed by atoms with van der Waals surface area (Å²) in [5.41, 5.74) is 6.10. The van der Waals surface area contributed by atoms with Gasteiger partial charge < -0.3 is 15.4 Å². The molecule has 1 amide bonds. The van der Waals surface area contributed by atoms with Crippen LogP contribution in [0.25, 0.3) is 0 Å². The molecule has 1 aromatic heterocycles.